The van der Waals surface area contributed by atoms with Crippen LogP contribution in [0, 0.1) is 0 Å². The molecule has 0 bridgehead atoms. The van der Waals surface area contributed by atoms with E-state index in [0.29, 0.717) is 11.2 Å². The van der Waals surface area contributed by atoms with Crippen LogP contribution in [0.15, 0.2) is 28.8 Å². The van der Waals surface area contributed by atoms with Gasteiger partial charge in [-0.15, -0.1) is 0 Å². The van der Waals surface area contributed by atoms with Crippen LogP contribution in [0.4, 0.5) is 0 Å². The molecule has 1 aliphatic carbocycles. The van der Waals surface area contributed by atoms with Crippen LogP contribution in [-0.4, -0.2) is 16.4 Å². The molecule has 1 unspecified atom stereocenters. The third-order valence-corrected chi connectivity index (χ3v) is 2.59. The Labute approximate surface area is 79.2 Å². The Balaban J connectivity index is 2.35. The highest BCUT2D eigenvalue weighted by Crippen LogP contribution is 2.22. The Morgan fingerprint density at radius 3 is 3.25 bits per heavy atom. The Morgan fingerprint density at radius 2 is 2.42 bits per heavy atom. The first kappa shape index (κ1) is 7.92. The minimum Gasteiger partial charge on any atom is -0.272 e. The standard InChI is InChI=1S/C9H8BrNO/c10-7-3-1-6-2-4-9(12)11-8(6)5-7/h1-3,7H,4-5H2. The second-order valence-electron chi connectivity index (χ2n) is 2.90. The number of halogens is 1. The van der Waals surface area contributed by atoms with Gasteiger partial charge in [-0.1, -0.05) is 34.2 Å². The summed E-state index contributed by atoms with van der Waals surface area (Å²) in [5.41, 5.74) is 2.04. The lowest BCUT2D eigenvalue weighted by atomic mass is 9.96. The first-order valence-electron chi connectivity index (χ1n) is 3.89. The first-order valence-corrected chi connectivity index (χ1v) is 4.80. The minimum atomic E-state index is -0.0243. The van der Waals surface area contributed by atoms with E-state index in [1.807, 2.05) is 12.2 Å². The largest absolute Gasteiger partial charge is 0.272 e. The van der Waals surface area contributed by atoms with Crippen molar-refractivity contribution in [2.24, 2.45) is 4.99 Å². The maximum absolute atomic E-state index is 11.0. The molecule has 0 saturated carbocycles. The van der Waals surface area contributed by atoms with E-state index in [1.54, 1.807) is 0 Å². The molecular formula is C9H8BrNO. The van der Waals surface area contributed by atoms with Gasteiger partial charge in [-0.3, -0.25) is 4.79 Å². The van der Waals surface area contributed by atoms with Gasteiger partial charge < -0.3 is 0 Å². The molecule has 0 saturated heterocycles. The molecule has 0 aromatic carbocycles. The van der Waals surface area contributed by atoms with E-state index in [1.165, 1.54) is 0 Å². The topological polar surface area (TPSA) is 29.4 Å². The van der Waals surface area contributed by atoms with Gasteiger partial charge in [0.1, 0.15) is 0 Å². The van der Waals surface area contributed by atoms with Crippen molar-refractivity contribution in [3.63, 3.8) is 0 Å². The first-order chi connectivity index (χ1) is 5.75. The van der Waals surface area contributed by atoms with Crippen LogP contribution in [0.2, 0.25) is 0 Å². The van der Waals surface area contributed by atoms with Crippen LogP contribution < -0.4 is 0 Å². The zero-order chi connectivity index (χ0) is 8.55. The molecule has 2 nitrogen and oxygen atoms in total. The second kappa shape index (κ2) is 2.98. The Hall–Kier alpha value is -0.700. The molecule has 2 rings (SSSR count). The van der Waals surface area contributed by atoms with E-state index in [9.17, 15) is 4.79 Å². The summed E-state index contributed by atoms with van der Waals surface area (Å²) < 4.78 is 0. The third kappa shape index (κ3) is 1.41. The SMILES string of the molecule is O=C1CC=C2C=CC(Br)CC2=N1. The Kier molecular flexibility index (Phi) is 1.97. The highest BCUT2D eigenvalue weighted by molar-refractivity contribution is 9.09. The lowest BCUT2D eigenvalue weighted by Gasteiger charge is -2.17. The molecule has 2 aliphatic rings. The van der Waals surface area contributed by atoms with Crippen LogP contribution >= 0.6 is 15.9 Å². The number of hydrogen-bond acceptors (Lipinski definition) is 1. The van der Waals surface area contributed by atoms with Crippen LogP contribution in [-0.2, 0) is 4.79 Å². The predicted molar refractivity (Wildman–Crippen MR) is 51.6 cm³/mol. The quantitative estimate of drug-likeness (QED) is 0.581. The van der Waals surface area contributed by atoms with Gasteiger partial charge in [0.25, 0.3) is 0 Å². The van der Waals surface area contributed by atoms with Crippen molar-refractivity contribution < 1.29 is 4.79 Å². The van der Waals surface area contributed by atoms with E-state index in [-0.39, 0.29) is 5.91 Å². The van der Waals surface area contributed by atoms with E-state index >= 15 is 0 Å². The number of amides is 1. The molecule has 0 fully saturated rings. The molecular weight excluding hydrogens is 218 g/mol. The number of carbonyl (C=O) groups excluding carboxylic acids is 1. The van der Waals surface area contributed by atoms with Crippen molar-refractivity contribution in [1.29, 1.82) is 0 Å². The van der Waals surface area contributed by atoms with Crippen molar-refractivity contribution in [3.8, 4) is 0 Å². The lowest BCUT2D eigenvalue weighted by molar-refractivity contribution is -0.117. The number of hydrogen-bond donors (Lipinski definition) is 0. The number of fused-ring (bicyclic) bond motifs is 1. The summed E-state index contributed by atoms with van der Waals surface area (Å²) >= 11 is 3.46. The number of dihydropyridines is 1. The number of rotatable bonds is 0. The summed E-state index contributed by atoms with van der Waals surface area (Å²) in [5.74, 6) is -0.0243. The van der Waals surface area contributed by atoms with Crippen molar-refractivity contribution >= 4 is 27.5 Å². The number of allylic oxidation sites excluding steroid dienone is 3. The fourth-order valence-corrected chi connectivity index (χ4v) is 1.82. The van der Waals surface area contributed by atoms with Gasteiger partial charge >= 0.3 is 0 Å². The van der Waals surface area contributed by atoms with E-state index in [0.717, 1.165) is 17.7 Å². The number of carbonyl (C=O) groups is 1. The summed E-state index contributed by atoms with van der Waals surface area (Å²) in [7, 11) is 0. The predicted octanol–water partition coefficient (Wildman–Crippen LogP) is 2.01. The third-order valence-electron chi connectivity index (χ3n) is 1.96. The summed E-state index contributed by atoms with van der Waals surface area (Å²) in [5, 5.41) is 0. The van der Waals surface area contributed by atoms with Gasteiger partial charge in [0.2, 0.25) is 5.91 Å². The minimum absolute atomic E-state index is 0.0243. The monoisotopic (exact) mass is 225 g/mol. The number of nitrogens with zero attached hydrogens (tertiary/aromatic N) is 1. The summed E-state index contributed by atoms with van der Waals surface area (Å²) in [6, 6.07) is 0. The smallest absolute Gasteiger partial charge is 0.249 e. The second-order valence-corrected chi connectivity index (χ2v) is 4.07. The van der Waals surface area contributed by atoms with Gasteiger partial charge in [0, 0.05) is 17.7 Å². The molecule has 0 aromatic rings. The zero-order valence-electron chi connectivity index (χ0n) is 6.46. The maximum atomic E-state index is 11.0. The zero-order valence-corrected chi connectivity index (χ0v) is 8.04. The number of alkyl halides is 1. The normalized spacial score (nSPS) is 27.8. The molecule has 0 spiro atoms. The Bertz CT molecular complexity index is 314. The lowest BCUT2D eigenvalue weighted by Crippen LogP contribution is -2.17. The van der Waals surface area contributed by atoms with Gasteiger partial charge in [-0.2, -0.15) is 0 Å². The fraction of sp³-hybridized carbons (Fsp3) is 0.333. The van der Waals surface area contributed by atoms with Gasteiger partial charge in [-0.05, 0) is 5.57 Å². The van der Waals surface area contributed by atoms with Gasteiger partial charge in [0.15, 0.2) is 0 Å². The van der Waals surface area contributed by atoms with Crippen molar-refractivity contribution in [2.75, 3.05) is 0 Å². The summed E-state index contributed by atoms with van der Waals surface area (Å²) in [6.07, 6.45) is 7.33. The average molecular weight is 226 g/mol. The van der Waals surface area contributed by atoms with Crippen molar-refractivity contribution in [1.82, 2.24) is 0 Å². The summed E-state index contributed by atoms with van der Waals surface area (Å²) in [4.78, 5) is 15.3. The van der Waals surface area contributed by atoms with Crippen LogP contribution in [0.1, 0.15) is 12.8 Å². The van der Waals surface area contributed by atoms with Crippen molar-refractivity contribution in [3.05, 3.63) is 23.8 Å². The van der Waals surface area contributed by atoms with E-state index in [2.05, 4.69) is 27.0 Å². The molecule has 1 amide bonds. The van der Waals surface area contributed by atoms with E-state index < -0.39 is 0 Å². The van der Waals surface area contributed by atoms with Gasteiger partial charge in [0.05, 0.1) is 5.71 Å². The molecule has 62 valence electrons. The van der Waals surface area contributed by atoms with Crippen LogP contribution in [0.25, 0.3) is 0 Å². The maximum Gasteiger partial charge on any atom is 0.249 e. The molecule has 3 heteroatoms. The average Bonchev–Trinajstić information content (AvgIpc) is 2.03. The fourth-order valence-electron chi connectivity index (χ4n) is 1.36. The molecule has 0 N–H and O–H groups in total. The molecule has 1 aliphatic heterocycles. The molecule has 0 radical (unpaired) electrons. The highest BCUT2D eigenvalue weighted by Gasteiger charge is 2.18. The van der Waals surface area contributed by atoms with Gasteiger partial charge in [-0.25, -0.2) is 4.99 Å². The molecule has 1 heterocycles. The molecule has 0 aromatic heterocycles. The van der Waals surface area contributed by atoms with Crippen LogP contribution in [0.3, 0.4) is 0 Å². The molecule has 12 heavy (non-hydrogen) atoms. The van der Waals surface area contributed by atoms with Crippen molar-refractivity contribution in [2.45, 2.75) is 17.7 Å². The summed E-state index contributed by atoms with van der Waals surface area (Å²) in [6.45, 7) is 0. The van der Waals surface area contributed by atoms with Crippen LogP contribution in [0.5, 0.6) is 0 Å². The Morgan fingerprint density at radius 1 is 1.58 bits per heavy atom. The molecule has 1 atom stereocenters. The number of aliphatic imine (C=N–C) groups is 1. The van der Waals surface area contributed by atoms with E-state index in [4.69, 9.17) is 0 Å². The highest BCUT2D eigenvalue weighted by atomic mass is 79.9.